The third-order valence-electron chi connectivity index (χ3n) is 1.49. The number of hydrogen-bond donors (Lipinski definition) is 1. The van der Waals surface area contributed by atoms with E-state index in [4.69, 9.17) is 0 Å². The Kier molecular flexibility index (Phi) is 4.12. The molecule has 0 fully saturated rings. The van der Waals surface area contributed by atoms with E-state index in [9.17, 15) is 9.59 Å². The van der Waals surface area contributed by atoms with Gasteiger partial charge in [0.15, 0.2) is 0 Å². The third kappa shape index (κ3) is 3.18. The van der Waals surface area contributed by atoms with Gasteiger partial charge in [-0.1, -0.05) is 0 Å². The summed E-state index contributed by atoms with van der Waals surface area (Å²) in [4.78, 5) is 21.9. The maximum atomic E-state index is 11.0. The summed E-state index contributed by atoms with van der Waals surface area (Å²) in [5.41, 5.74) is 0.979. The molecule has 76 valence electrons. The Morgan fingerprint density at radius 2 is 2.36 bits per heavy atom. The van der Waals surface area contributed by atoms with E-state index in [0.29, 0.717) is 6.54 Å². The van der Waals surface area contributed by atoms with Crippen molar-refractivity contribution < 1.29 is 14.3 Å². The molecule has 0 aliphatic carbocycles. The molecule has 0 saturated carbocycles. The van der Waals surface area contributed by atoms with Crippen LogP contribution in [0.5, 0.6) is 0 Å². The van der Waals surface area contributed by atoms with Crippen molar-refractivity contribution in [2.45, 2.75) is 13.5 Å². The minimum atomic E-state index is -0.831. The van der Waals surface area contributed by atoms with Crippen LogP contribution < -0.4 is 5.32 Å². The third-order valence-corrected chi connectivity index (χ3v) is 2.23. The van der Waals surface area contributed by atoms with E-state index in [1.165, 1.54) is 0 Å². The maximum absolute atomic E-state index is 11.0. The number of nitrogens with one attached hydrogen (secondary N) is 1. The number of amides is 1. The van der Waals surface area contributed by atoms with E-state index in [0.717, 1.165) is 5.56 Å². The van der Waals surface area contributed by atoms with E-state index < -0.39 is 11.9 Å². The SMILES string of the molecule is CCOC(=O)C(=O)NCc1ccsc1. The molecule has 1 aromatic rings. The Hall–Kier alpha value is -1.36. The number of thiophene rings is 1. The molecular formula is C9H11NO3S. The molecule has 1 amide bonds. The standard InChI is InChI=1S/C9H11NO3S/c1-2-13-9(12)8(11)10-5-7-3-4-14-6-7/h3-4,6H,2,5H2,1H3,(H,10,11). The first kappa shape index (κ1) is 10.7. The van der Waals surface area contributed by atoms with E-state index in [1.54, 1.807) is 18.3 Å². The van der Waals surface area contributed by atoms with Crippen LogP contribution in [0.3, 0.4) is 0 Å². The first-order valence-corrected chi connectivity index (χ1v) is 5.14. The topological polar surface area (TPSA) is 55.4 Å². The fraction of sp³-hybridized carbons (Fsp3) is 0.333. The second kappa shape index (κ2) is 5.39. The summed E-state index contributed by atoms with van der Waals surface area (Å²) < 4.78 is 4.53. The Balaban J connectivity index is 2.31. The molecule has 0 unspecified atom stereocenters. The van der Waals surface area contributed by atoms with Crippen LogP contribution in [0, 0.1) is 0 Å². The van der Waals surface area contributed by atoms with Gasteiger partial charge in [0, 0.05) is 6.54 Å². The monoisotopic (exact) mass is 213 g/mol. The largest absolute Gasteiger partial charge is 0.459 e. The van der Waals surface area contributed by atoms with Crippen molar-refractivity contribution in [2.75, 3.05) is 6.61 Å². The van der Waals surface area contributed by atoms with Gasteiger partial charge in [-0.15, -0.1) is 0 Å². The van der Waals surface area contributed by atoms with Crippen LogP contribution in [0.15, 0.2) is 16.8 Å². The average molecular weight is 213 g/mol. The Bertz CT molecular complexity index is 308. The second-order valence-corrected chi connectivity index (χ2v) is 3.31. The van der Waals surface area contributed by atoms with Crippen molar-refractivity contribution in [2.24, 2.45) is 0 Å². The van der Waals surface area contributed by atoms with Crippen LogP contribution in [0.2, 0.25) is 0 Å². The molecule has 0 aliphatic heterocycles. The number of carbonyl (C=O) groups excluding carboxylic acids is 2. The number of rotatable bonds is 3. The molecule has 4 nitrogen and oxygen atoms in total. The molecule has 1 rings (SSSR count). The number of ether oxygens (including phenoxy) is 1. The van der Waals surface area contributed by atoms with Gasteiger partial charge in [-0.05, 0) is 29.3 Å². The smallest absolute Gasteiger partial charge is 0.396 e. The highest BCUT2D eigenvalue weighted by atomic mass is 32.1. The van der Waals surface area contributed by atoms with Crippen molar-refractivity contribution in [3.63, 3.8) is 0 Å². The molecule has 0 atom stereocenters. The normalized spacial score (nSPS) is 9.50. The van der Waals surface area contributed by atoms with E-state index >= 15 is 0 Å². The second-order valence-electron chi connectivity index (χ2n) is 2.53. The summed E-state index contributed by atoms with van der Waals surface area (Å²) in [6.07, 6.45) is 0. The lowest BCUT2D eigenvalue weighted by Gasteiger charge is -2.02. The van der Waals surface area contributed by atoms with Crippen molar-refractivity contribution >= 4 is 23.2 Å². The van der Waals surface area contributed by atoms with Crippen LogP contribution >= 0.6 is 11.3 Å². The molecule has 1 aromatic heterocycles. The molecular weight excluding hydrogens is 202 g/mol. The maximum Gasteiger partial charge on any atom is 0.396 e. The molecule has 0 aliphatic rings. The molecule has 0 saturated heterocycles. The van der Waals surface area contributed by atoms with Crippen LogP contribution in [0.25, 0.3) is 0 Å². The van der Waals surface area contributed by atoms with E-state index in [2.05, 4.69) is 10.1 Å². The zero-order valence-corrected chi connectivity index (χ0v) is 8.60. The summed E-state index contributed by atoms with van der Waals surface area (Å²) >= 11 is 1.54. The van der Waals surface area contributed by atoms with Gasteiger partial charge in [0.1, 0.15) is 0 Å². The highest BCUT2D eigenvalue weighted by Gasteiger charge is 2.13. The summed E-state index contributed by atoms with van der Waals surface area (Å²) in [6, 6.07) is 1.89. The number of esters is 1. The van der Waals surface area contributed by atoms with E-state index in [1.807, 2.05) is 16.8 Å². The Morgan fingerprint density at radius 3 is 2.93 bits per heavy atom. The predicted molar refractivity (Wildman–Crippen MR) is 52.8 cm³/mol. The van der Waals surface area contributed by atoms with Crippen LogP contribution in [-0.2, 0) is 20.9 Å². The summed E-state index contributed by atoms with van der Waals surface area (Å²) in [6.45, 7) is 2.23. The first-order valence-electron chi connectivity index (χ1n) is 4.20. The number of hydrogen-bond acceptors (Lipinski definition) is 4. The minimum absolute atomic E-state index is 0.213. The zero-order chi connectivity index (χ0) is 10.4. The fourth-order valence-corrected chi connectivity index (χ4v) is 1.51. The predicted octanol–water partition coefficient (Wildman–Crippen LogP) is 0.927. The zero-order valence-electron chi connectivity index (χ0n) is 7.78. The molecule has 0 radical (unpaired) electrons. The van der Waals surface area contributed by atoms with Crippen molar-refractivity contribution in [1.82, 2.24) is 5.32 Å². The molecule has 1 heterocycles. The molecule has 5 heteroatoms. The Morgan fingerprint density at radius 1 is 1.57 bits per heavy atom. The molecule has 0 bridgehead atoms. The minimum Gasteiger partial charge on any atom is -0.459 e. The van der Waals surface area contributed by atoms with E-state index in [-0.39, 0.29) is 6.61 Å². The first-order chi connectivity index (χ1) is 6.74. The van der Waals surface area contributed by atoms with Gasteiger partial charge in [0.05, 0.1) is 6.61 Å². The van der Waals surface area contributed by atoms with Gasteiger partial charge in [0.25, 0.3) is 0 Å². The van der Waals surface area contributed by atoms with Gasteiger partial charge in [0.2, 0.25) is 0 Å². The van der Waals surface area contributed by atoms with Crippen LogP contribution in [0.4, 0.5) is 0 Å². The average Bonchev–Trinajstić information content (AvgIpc) is 2.67. The van der Waals surface area contributed by atoms with Gasteiger partial charge in [-0.2, -0.15) is 11.3 Å². The lowest BCUT2D eigenvalue weighted by atomic mass is 10.3. The highest BCUT2D eigenvalue weighted by molar-refractivity contribution is 7.07. The van der Waals surface area contributed by atoms with Crippen LogP contribution in [0.1, 0.15) is 12.5 Å². The van der Waals surface area contributed by atoms with Crippen molar-refractivity contribution in [1.29, 1.82) is 0 Å². The highest BCUT2D eigenvalue weighted by Crippen LogP contribution is 2.04. The molecule has 1 N–H and O–H groups in total. The summed E-state index contributed by atoms with van der Waals surface area (Å²) in [5, 5.41) is 6.28. The Labute approximate surface area is 85.9 Å². The lowest BCUT2D eigenvalue weighted by Crippen LogP contribution is -2.31. The molecule has 0 spiro atoms. The number of carbonyl (C=O) groups is 2. The quantitative estimate of drug-likeness (QED) is 0.600. The fourth-order valence-electron chi connectivity index (χ4n) is 0.844. The van der Waals surface area contributed by atoms with Gasteiger partial charge >= 0.3 is 11.9 Å². The lowest BCUT2D eigenvalue weighted by molar-refractivity contribution is -0.154. The molecule has 0 aromatic carbocycles. The summed E-state index contributed by atoms with van der Waals surface area (Å²) in [7, 11) is 0. The van der Waals surface area contributed by atoms with Gasteiger partial charge in [-0.3, -0.25) is 4.79 Å². The van der Waals surface area contributed by atoms with Gasteiger partial charge in [-0.25, -0.2) is 4.79 Å². The molecule has 14 heavy (non-hydrogen) atoms. The van der Waals surface area contributed by atoms with Crippen molar-refractivity contribution in [3.05, 3.63) is 22.4 Å². The van der Waals surface area contributed by atoms with Crippen LogP contribution in [-0.4, -0.2) is 18.5 Å². The van der Waals surface area contributed by atoms with Crippen molar-refractivity contribution in [3.8, 4) is 0 Å². The summed E-state index contributed by atoms with van der Waals surface area (Å²) in [5.74, 6) is -1.53. The van der Waals surface area contributed by atoms with Gasteiger partial charge < -0.3 is 10.1 Å².